The van der Waals surface area contributed by atoms with E-state index in [0.29, 0.717) is 38.3 Å². The van der Waals surface area contributed by atoms with E-state index < -0.39 is 11.6 Å². The molecule has 0 radical (unpaired) electrons. The molecule has 10 heteroatoms. The van der Waals surface area contributed by atoms with Gasteiger partial charge in [0.25, 0.3) is 0 Å². The quantitative estimate of drug-likeness (QED) is 0.184. The molecule has 1 saturated heterocycles. The first-order valence-electron chi connectivity index (χ1n) is 8.94. The molecule has 0 saturated carbocycles. The molecular formula is C18H25F2IN4O3. The van der Waals surface area contributed by atoms with E-state index in [1.165, 1.54) is 11.0 Å². The molecule has 1 heterocycles. The molecule has 1 aliphatic rings. The number of nitrogens with zero attached hydrogens (tertiary/aromatic N) is 2. The van der Waals surface area contributed by atoms with Crippen LogP contribution in [-0.4, -0.2) is 55.5 Å². The SMILES string of the molecule is CCNC(=NCCN1C(=O)CCCC1=O)NCCOc1ccc(F)cc1F.I. The van der Waals surface area contributed by atoms with Gasteiger partial charge in [0.2, 0.25) is 11.8 Å². The average Bonchev–Trinajstić information content (AvgIpc) is 2.62. The van der Waals surface area contributed by atoms with Gasteiger partial charge >= 0.3 is 0 Å². The highest BCUT2D eigenvalue weighted by Crippen LogP contribution is 2.17. The minimum Gasteiger partial charge on any atom is -0.489 e. The van der Waals surface area contributed by atoms with Gasteiger partial charge in [0.1, 0.15) is 12.4 Å². The van der Waals surface area contributed by atoms with Gasteiger partial charge in [-0.2, -0.15) is 0 Å². The van der Waals surface area contributed by atoms with E-state index in [0.717, 1.165) is 12.1 Å². The lowest BCUT2D eigenvalue weighted by molar-refractivity contribution is -0.147. The van der Waals surface area contributed by atoms with E-state index >= 15 is 0 Å². The Hall–Kier alpha value is -1.98. The molecule has 1 aliphatic heterocycles. The van der Waals surface area contributed by atoms with E-state index in [4.69, 9.17) is 4.74 Å². The molecule has 0 aromatic heterocycles. The van der Waals surface area contributed by atoms with Gasteiger partial charge < -0.3 is 15.4 Å². The van der Waals surface area contributed by atoms with Crippen molar-refractivity contribution in [2.24, 2.45) is 4.99 Å². The Bertz CT molecular complexity index is 687. The number of ether oxygens (including phenoxy) is 1. The van der Waals surface area contributed by atoms with Crippen LogP contribution in [0.5, 0.6) is 5.75 Å². The number of guanidine groups is 1. The second kappa shape index (κ2) is 12.5. The fourth-order valence-electron chi connectivity index (χ4n) is 2.58. The first kappa shape index (κ1) is 24.1. The number of piperidine rings is 1. The van der Waals surface area contributed by atoms with Crippen molar-refractivity contribution in [2.45, 2.75) is 26.2 Å². The summed E-state index contributed by atoms with van der Waals surface area (Å²) in [6.45, 7) is 3.53. The molecular weight excluding hydrogens is 485 g/mol. The van der Waals surface area contributed by atoms with Crippen molar-refractivity contribution in [3.63, 3.8) is 0 Å². The number of carbonyl (C=O) groups excluding carboxylic acids is 2. The molecule has 0 atom stereocenters. The third kappa shape index (κ3) is 7.56. The van der Waals surface area contributed by atoms with E-state index in [1.807, 2.05) is 6.92 Å². The first-order chi connectivity index (χ1) is 13.0. The molecule has 2 rings (SSSR count). The lowest BCUT2D eigenvalue weighted by Crippen LogP contribution is -2.43. The standard InChI is InChI=1S/C18H24F2N4O3.HI/c1-2-21-18(22-8-10-24-16(25)4-3-5-17(24)26)23-9-11-27-15-7-6-13(19)12-14(15)20;/h6-7,12H,2-5,8-11H2,1H3,(H2,21,22,23);1H. The van der Waals surface area contributed by atoms with E-state index in [9.17, 15) is 18.4 Å². The maximum absolute atomic E-state index is 13.5. The molecule has 28 heavy (non-hydrogen) atoms. The smallest absolute Gasteiger partial charge is 0.229 e. The first-order valence-corrected chi connectivity index (χ1v) is 8.94. The van der Waals surface area contributed by atoms with Gasteiger partial charge in [-0.3, -0.25) is 19.5 Å². The number of hydrogen-bond donors (Lipinski definition) is 2. The van der Waals surface area contributed by atoms with Gasteiger partial charge in [-0.1, -0.05) is 0 Å². The van der Waals surface area contributed by atoms with Crippen molar-refractivity contribution in [3.8, 4) is 5.75 Å². The zero-order chi connectivity index (χ0) is 19.6. The van der Waals surface area contributed by atoms with Crippen LogP contribution >= 0.6 is 24.0 Å². The predicted molar refractivity (Wildman–Crippen MR) is 112 cm³/mol. The van der Waals surface area contributed by atoms with Crippen LogP contribution in [0.1, 0.15) is 26.2 Å². The van der Waals surface area contributed by atoms with Gasteiger partial charge in [0.15, 0.2) is 17.5 Å². The summed E-state index contributed by atoms with van der Waals surface area (Å²) < 4.78 is 31.6. The van der Waals surface area contributed by atoms with Crippen LogP contribution in [0.3, 0.4) is 0 Å². The Morgan fingerprint density at radius 3 is 2.57 bits per heavy atom. The minimum atomic E-state index is -0.758. The number of aliphatic imine (C=N–C) groups is 1. The normalized spacial score (nSPS) is 14.5. The van der Waals surface area contributed by atoms with Crippen LogP contribution in [0.25, 0.3) is 0 Å². The van der Waals surface area contributed by atoms with Gasteiger partial charge in [-0.25, -0.2) is 8.78 Å². The number of nitrogens with one attached hydrogen (secondary N) is 2. The number of rotatable bonds is 8. The molecule has 7 nitrogen and oxygen atoms in total. The molecule has 156 valence electrons. The summed E-state index contributed by atoms with van der Waals surface area (Å²) in [5.41, 5.74) is 0. The fraction of sp³-hybridized carbons (Fsp3) is 0.500. The van der Waals surface area contributed by atoms with Crippen molar-refractivity contribution in [1.82, 2.24) is 15.5 Å². The number of imide groups is 1. The third-order valence-corrected chi connectivity index (χ3v) is 3.87. The van der Waals surface area contributed by atoms with Crippen LogP contribution in [0.15, 0.2) is 23.2 Å². The van der Waals surface area contributed by atoms with Crippen molar-refractivity contribution in [3.05, 3.63) is 29.8 Å². The Balaban J connectivity index is 0.00000392. The monoisotopic (exact) mass is 510 g/mol. The molecule has 1 aromatic rings. The lowest BCUT2D eigenvalue weighted by Gasteiger charge is -2.24. The molecule has 0 bridgehead atoms. The van der Waals surface area contributed by atoms with Crippen molar-refractivity contribution >= 4 is 41.8 Å². The summed E-state index contributed by atoms with van der Waals surface area (Å²) in [6, 6.07) is 3.12. The number of amides is 2. The van der Waals surface area contributed by atoms with Crippen molar-refractivity contribution in [2.75, 3.05) is 32.8 Å². The third-order valence-electron chi connectivity index (χ3n) is 3.87. The van der Waals surface area contributed by atoms with Crippen molar-refractivity contribution in [1.29, 1.82) is 0 Å². The largest absolute Gasteiger partial charge is 0.489 e. The highest BCUT2D eigenvalue weighted by Gasteiger charge is 2.25. The fourth-order valence-corrected chi connectivity index (χ4v) is 2.58. The number of hydrogen-bond acceptors (Lipinski definition) is 4. The highest BCUT2D eigenvalue weighted by atomic mass is 127. The Morgan fingerprint density at radius 2 is 1.93 bits per heavy atom. The summed E-state index contributed by atoms with van der Waals surface area (Å²) in [4.78, 5) is 29.1. The van der Waals surface area contributed by atoms with Crippen LogP contribution in [-0.2, 0) is 9.59 Å². The lowest BCUT2D eigenvalue weighted by atomic mass is 10.1. The van der Waals surface area contributed by atoms with Crippen LogP contribution in [0, 0.1) is 11.6 Å². The van der Waals surface area contributed by atoms with E-state index in [-0.39, 0.29) is 61.2 Å². The Kier molecular flexibility index (Phi) is 10.7. The summed E-state index contributed by atoms with van der Waals surface area (Å²) in [5, 5.41) is 6.04. The maximum atomic E-state index is 13.5. The van der Waals surface area contributed by atoms with Crippen LogP contribution in [0.4, 0.5) is 8.78 Å². The van der Waals surface area contributed by atoms with Gasteiger partial charge in [0, 0.05) is 32.0 Å². The molecule has 0 unspecified atom stereocenters. The molecule has 0 spiro atoms. The zero-order valence-corrected chi connectivity index (χ0v) is 18.0. The van der Waals surface area contributed by atoms with Crippen LogP contribution in [0.2, 0.25) is 0 Å². The summed E-state index contributed by atoms with van der Waals surface area (Å²) in [7, 11) is 0. The number of carbonyl (C=O) groups is 2. The van der Waals surface area contributed by atoms with Gasteiger partial charge in [-0.05, 0) is 25.5 Å². The molecule has 1 aromatic carbocycles. The summed E-state index contributed by atoms with van der Waals surface area (Å²) in [5.74, 6) is -1.26. The average molecular weight is 510 g/mol. The second-order valence-electron chi connectivity index (χ2n) is 5.90. The Morgan fingerprint density at radius 1 is 1.21 bits per heavy atom. The predicted octanol–water partition coefficient (Wildman–Crippen LogP) is 2.06. The second-order valence-corrected chi connectivity index (χ2v) is 5.90. The minimum absolute atomic E-state index is 0. The van der Waals surface area contributed by atoms with E-state index in [2.05, 4.69) is 15.6 Å². The number of likely N-dealkylation sites (tertiary alicyclic amines) is 1. The van der Waals surface area contributed by atoms with Crippen LogP contribution < -0.4 is 15.4 Å². The highest BCUT2D eigenvalue weighted by molar-refractivity contribution is 14.0. The van der Waals surface area contributed by atoms with Crippen molar-refractivity contribution < 1.29 is 23.1 Å². The number of halogens is 3. The topological polar surface area (TPSA) is 83.0 Å². The maximum Gasteiger partial charge on any atom is 0.229 e. The van der Waals surface area contributed by atoms with Gasteiger partial charge in [-0.15, -0.1) is 24.0 Å². The summed E-state index contributed by atoms with van der Waals surface area (Å²) >= 11 is 0. The molecule has 2 N–H and O–H groups in total. The molecule has 2 amide bonds. The Labute approximate surface area is 179 Å². The summed E-state index contributed by atoms with van der Waals surface area (Å²) in [6.07, 6.45) is 1.40. The van der Waals surface area contributed by atoms with E-state index in [1.54, 1.807) is 0 Å². The molecule has 1 fully saturated rings. The zero-order valence-electron chi connectivity index (χ0n) is 15.7. The van der Waals surface area contributed by atoms with Gasteiger partial charge in [0.05, 0.1) is 13.1 Å². The molecule has 0 aliphatic carbocycles. The number of benzene rings is 1.